The highest BCUT2D eigenvalue weighted by molar-refractivity contribution is 8.00. The Hall–Kier alpha value is -1.36. The van der Waals surface area contributed by atoms with E-state index in [0.29, 0.717) is 15.8 Å². The van der Waals surface area contributed by atoms with Crippen LogP contribution in [0.3, 0.4) is 0 Å². The second-order valence-electron chi connectivity index (χ2n) is 4.80. The van der Waals surface area contributed by atoms with E-state index in [0.717, 1.165) is 17.0 Å². The second-order valence-corrected chi connectivity index (χ2v) is 6.68. The lowest BCUT2D eigenvalue weighted by Crippen LogP contribution is -2.27. The molecule has 1 fully saturated rings. The normalized spacial score (nSPS) is 17.9. The summed E-state index contributed by atoms with van der Waals surface area (Å²) in [5.74, 6) is 1.28. The largest absolute Gasteiger partial charge is 0.497 e. The van der Waals surface area contributed by atoms with Crippen molar-refractivity contribution >= 4 is 46.6 Å². The number of methoxy groups -OCH3 is 1. The van der Waals surface area contributed by atoms with Crippen LogP contribution >= 0.6 is 35.0 Å². The SMILES string of the molecule is COc1ccc(N2C(=O)CSC2c2ccc(Cl)c(Cl)c2)cc1. The third-order valence-electron chi connectivity index (χ3n) is 3.45. The molecular weight excluding hydrogens is 341 g/mol. The fraction of sp³-hybridized carbons (Fsp3) is 0.188. The Balaban J connectivity index is 1.96. The molecule has 1 atom stereocenters. The number of carbonyl (C=O) groups excluding carboxylic acids is 1. The van der Waals surface area contributed by atoms with Crippen molar-refractivity contribution in [1.29, 1.82) is 0 Å². The zero-order chi connectivity index (χ0) is 15.7. The summed E-state index contributed by atoms with van der Waals surface area (Å²) in [6.45, 7) is 0. The molecule has 22 heavy (non-hydrogen) atoms. The molecule has 1 unspecified atom stereocenters. The van der Waals surface area contributed by atoms with Gasteiger partial charge in [-0.15, -0.1) is 11.8 Å². The topological polar surface area (TPSA) is 29.5 Å². The molecular formula is C16H13Cl2NO2S. The van der Waals surface area contributed by atoms with Crippen LogP contribution in [0.25, 0.3) is 0 Å². The third-order valence-corrected chi connectivity index (χ3v) is 5.40. The first-order valence-corrected chi connectivity index (χ1v) is 8.43. The highest BCUT2D eigenvalue weighted by Gasteiger charge is 2.34. The van der Waals surface area contributed by atoms with Gasteiger partial charge in [0.05, 0.1) is 22.9 Å². The number of carbonyl (C=O) groups is 1. The molecule has 1 amide bonds. The summed E-state index contributed by atoms with van der Waals surface area (Å²) >= 11 is 13.6. The minimum absolute atomic E-state index is 0.0752. The number of halogens is 2. The van der Waals surface area contributed by atoms with E-state index in [9.17, 15) is 4.79 Å². The molecule has 6 heteroatoms. The van der Waals surface area contributed by atoms with Gasteiger partial charge in [-0.25, -0.2) is 0 Å². The van der Waals surface area contributed by atoms with Gasteiger partial charge in [0.2, 0.25) is 5.91 Å². The predicted octanol–water partition coefficient (Wildman–Crippen LogP) is 4.78. The number of rotatable bonds is 3. The first-order valence-electron chi connectivity index (χ1n) is 6.63. The van der Waals surface area contributed by atoms with Crippen LogP contribution in [0.4, 0.5) is 5.69 Å². The number of anilines is 1. The van der Waals surface area contributed by atoms with E-state index in [2.05, 4.69) is 0 Å². The van der Waals surface area contributed by atoms with E-state index in [1.807, 2.05) is 36.4 Å². The summed E-state index contributed by atoms with van der Waals surface area (Å²) in [7, 11) is 1.62. The van der Waals surface area contributed by atoms with Crippen molar-refractivity contribution in [2.24, 2.45) is 0 Å². The monoisotopic (exact) mass is 353 g/mol. The molecule has 0 N–H and O–H groups in total. The van der Waals surface area contributed by atoms with Crippen LogP contribution in [0.5, 0.6) is 5.75 Å². The Kier molecular flexibility index (Phi) is 4.52. The van der Waals surface area contributed by atoms with Crippen LogP contribution in [0.15, 0.2) is 42.5 Å². The number of ether oxygens (including phenoxy) is 1. The quantitative estimate of drug-likeness (QED) is 0.794. The molecule has 2 aromatic rings. The number of thioether (sulfide) groups is 1. The van der Waals surface area contributed by atoms with Gasteiger partial charge in [-0.3, -0.25) is 9.69 Å². The Morgan fingerprint density at radius 3 is 2.50 bits per heavy atom. The molecule has 1 aliphatic heterocycles. The maximum Gasteiger partial charge on any atom is 0.238 e. The highest BCUT2D eigenvalue weighted by atomic mass is 35.5. The lowest BCUT2D eigenvalue weighted by atomic mass is 10.2. The van der Waals surface area contributed by atoms with Crippen molar-refractivity contribution in [3.8, 4) is 5.75 Å². The summed E-state index contributed by atoms with van der Waals surface area (Å²) in [5, 5.41) is 0.903. The molecule has 0 spiro atoms. The Bertz CT molecular complexity index is 706. The van der Waals surface area contributed by atoms with Crippen molar-refractivity contribution < 1.29 is 9.53 Å². The summed E-state index contributed by atoms with van der Waals surface area (Å²) in [6.07, 6.45) is 0. The van der Waals surface area contributed by atoms with Crippen LogP contribution in [0, 0.1) is 0 Å². The second kappa shape index (κ2) is 6.41. The number of hydrogen-bond donors (Lipinski definition) is 0. The van der Waals surface area contributed by atoms with Gasteiger partial charge < -0.3 is 4.74 Å². The highest BCUT2D eigenvalue weighted by Crippen LogP contribution is 2.43. The van der Waals surface area contributed by atoms with Crippen molar-refractivity contribution in [1.82, 2.24) is 0 Å². The van der Waals surface area contributed by atoms with Crippen molar-refractivity contribution in [3.63, 3.8) is 0 Å². The van der Waals surface area contributed by atoms with Crippen LogP contribution in [0.1, 0.15) is 10.9 Å². The van der Waals surface area contributed by atoms with Crippen molar-refractivity contribution in [3.05, 3.63) is 58.1 Å². The average Bonchev–Trinajstić information content (AvgIpc) is 2.92. The number of amides is 1. The van der Waals surface area contributed by atoms with E-state index < -0.39 is 0 Å². The molecule has 114 valence electrons. The maximum absolute atomic E-state index is 12.3. The van der Waals surface area contributed by atoms with Gasteiger partial charge in [-0.1, -0.05) is 29.3 Å². The Morgan fingerprint density at radius 1 is 1.14 bits per heavy atom. The van der Waals surface area contributed by atoms with E-state index in [1.54, 1.807) is 29.8 Å². The molecule has 0 aliphatic carbocycles. The van der Waals surface area contributed by atoms with Crippen LogP contribution in [-0.4, -0.2) is 18.8 Å². The van der Waals surface area contributed by atoms with E-state index in [1.165, 1.54) is 0 Å². The molecule has 0 radical (unpaired) electrons. The predicted molar refractivity (Wildman–Crippen MR) is 92.1 cm³/mol. The first-order chi connectivity index (χ1) is 10.6. The minimum atomic E-state index is -0.101. The zero-order valence-electron chi connectivity index (χ0n) is 11.8. The summed E-state index contributed by atoms with van der Waals surface area (Å²) < 4.78 is 5.16. The molecule has 1 saturated heterocycles. The van der Waals surface area contributed by atoms with Gasteiger partial charge in [0.1, 0.15) is 11.1 Å². The zero-order valence-corrected chi connectivity index (χ0v) is 14.1. The molecule has 3 rings (SSSR count). The lowest BCUT2D eigenvalue weighted by molar-refractivity contribution is -0.115. The Morgan fingerprint density at radius 2 is 1.86 bits per heavy atom. The number of nitrogens with zero attached hydrogens (tertiary/aromatic N) is 1. The van der Waals surface area contributed by atoms with Gasteiger partial charge in [-0.05, 0) is 42.0 Å². The average molecular weight is 354 g/mol. The Labute approximate surface area is 143 Å². The fourth-order valence-corrected chi connectivity index (χ4v) is 3.83. The first kappa shape index (κ1) is 15.5. The number of benzene rings is 2. The minimum Gasteiger partial charge on any atom is -0.497 e. The molecule has 2 aromatic carbocycles. The lowest BCUT2D eigenvalue weighted by Gasteiger charge is -2.24. The third kappa shape index (κ3) is 2.91. The maximum atomic E-state index is 12.3. The molecule has 1 heterocycles. The van der Waals surface area contributed by atoms with Crippen LogP contribution in [-0.2, 0) is 4.79 Å². The van der Waals surface area contributed by atoms with E-state index in [4.69, 9.17) is 27.9 Å². The molecule has 3 nitrogen and oxygen atoms in total. The van der Waals surface area contributed by atoms with Gasteiger partial charge in [0.25, 0.3) is 0 Å². The van der Waals surface area contributed by atoms with Crippen LogP contribution in [0.2, 0.25) is 10.0 Å². The van der Waals surface area contributed by atoms with Gasteiger partial charge in [-0.2, -0.15) is 0 Å². The van der Waals surface area contributed by atoms with Gasteiger partial charge in [0, 0.05) is 5.69 Å². The molecule has 1 aliphatic rings. The van der Waals surface area contributed by atoms with Gasteiger partial charge in [0.15, 0.2) is 0 Å². The van der Waals surface area contributed by atoms with Gasteiger partial charge >= 0.3 is 0 Å². The van der Waals surface area contributed by atoms with Crippen molar-refractivity contribution in [2.45, 2.75) is 5.37 Å². The smallest absolute Gasteiger partial charge is 0.238 e. The molecule has 0 aromatic heterocycles. The number of hydrogen-bond acceptors (Lipinski definition) is 3. The molecule has 0 saturated carbocycles. The summed E-state index contributed by atoms with van der Waals surface area (Å²) in [4.78, 5) is 14.1. The fourth-order valence-electron chi connectivity index (χ4n) is 2.36. The van der Waals surface area contributed by atoms with E-state index >= 15 is 0 Å². The summed E-state index contributed by atoms with van der Waals surface area (Å²) in [6, 6.07) is 12.9. The molecule has 0 bridgehead atoms. The van der Waals surface area contributed by atoms with E-state index in [-0.39, 0.29) is 11.3 Å². The summed E-state index contributed by atoms with van der Waals surface area (Å²) in [5.41, 5.74) is 1.80. The van der Waals surface area contributed by atoms with Crippen LogP contribution < -0.4 is 9.64 Å². The standard InChI is InChI=1S/C16H13Cl2NO2S/c1-21-12-5-3-11(4-6-12)19-15(20)9-22-16(19)10-2-7-13(17)14(18)8-10/h2-8,16H,9H2,1H3. The van der Waals surface area contributed by atoms with Crippen molar-refractivity contribution in [2.75, 3.05) is 17.8 Å².